The normalized spacial score (nSPS) is 14.6. The van der Waals surface area contributed by atoms with E-state index in [2.05, 4.69) is 50.4 Å². The first-order chi connectivity index (χ1) is 9.93. The van der Waals surface area contributed by atoms with Gasteiger partial charge in [0.25, 0.3) is 0 Å². The lowest BCUT2D eigenvalue weighted by Gasteiger charge is -2.20. The molecule has 1 rings (SSSR count). The van der Waals surface area contributed by atoms with E-state index in [1.165, 1.54) is 11.1 Å². The van der Waals surface area contributed by atoms with Gasteiger partial charge in [-0.1, -0.05) is 58.9 Å². The van der Waals surface area contributed by atoms with E-state index < -0.39 is 10.8 Å². The SMILES string of the molecule is CCCNC(CS(=O)C(C)C)c1ccc(CC(C)C)cc1. The van der Waals surface area contributed by atoms with E-state index in [0.717, 1.165) is 19.4 Å². The topological polar surface area (TPSA) is 29.1 Å². The Bertz CT molecular complexity index is 425. The molecule has 0 heterocycles. The zero-order valence-electron chi connectivity index (χ0n) is 14.2. The molecule has 2 atom stereocenters. The summed E-state index contributed by atoms with van der Waals surface area (Å²) in [6.07, 6.45) is 2.21. The minimum atomic E-state index is -0.783. The second-order valence-corrected chi connectivity index (χ2v) is 8.48. The van der Waals surface area contributed by atoms with E-state index in [9.17, 15) is 4.21 Å². The van der Waals surface area contributed by atoms with Gasteiger partial charge in [0, 0.05) is 27.8 Å². The van der Waals surface area contributed by atoms with Crippen LogP contribution in [-0.2, 0) is 17.2 Å². The Morgan fingerprint density at radius 2 is 1.71 bits per heavy atom. The predicted octanol–water partition coefficient (Wildman–Crippen LogP) is 4.08. The molecule has 0 amide bonds. The Morgan fingerprint density at radius 3 is 2.19 bits per heavy atom. The number of benzene rings is 1. The zero-order valence-corrected chi connectivity index (χ0v) is 15.0. The maximum absolute atomic E-state index is 12.2. The van der Waals surface area contributed by atoms with Crippen LogP contribution in [0.15, 0.2) is 24.3 Å². The van der Waals surface area contributed by atoms with Crippen molar-refractivity contribution in [3.63, 3.8) is 0 Å². The van der Waals surface area contributed by atoms with Crippen LogP contribution in [0.3, 0.4) is 0 Å². The second kappa shape index (κ2) is 9.37. The Labute approximate surface area is 133 Å². The van der Waals surface area contributed by atoms with Crippen molar-refractivity contribution in [1.82, 2.24) is 5.32 Å². The molecule has 1 aromatic carbocycles. The Morgan fingerprint density at radius 1 is 1.10 bits per heavy atom. The van der Waals surface area contributed by atoms with Crippen LogP contribution >= 0.6 is 0 Å². The minimum absolute atomic E-state index is 0.196. The molecule has 21 heavy (non-hydrogen) atoms. The third-order valence-corrected chi connectivity index (χ3v) is 5.24. The van der Waals surface area contributed by atoms with Crippen molar-refractivity contribution in [2.45, 2.75) is 58.8 Å². The third kappa shape index (κ3) is 6.75. The molecule has 0 saturated carbocycles. The van der Waals surface area contributed by atoms with Gasteiger partial charge in [-0.05, 0) is 36.4 Å². The van der Waals surface area contributed by atoms with Crippen LogP contribution in [0, 0.1) is 5.92 Å². The lowest BCUT2D eigenvalue weighted by Crippen LogP contribution is -2.29. The van der Waals surface area contributed by atoms with Crippen LogP contribution in [0.2, 0.25) is 0 Å². The summed E-state index contributed by atoms with van der Waals surface area (Å²) in [6.45, 7) is 11.7. The van der Waals surface area contributed by atoms with Crippen LogP contribution < -0.4 is 5.32 Å². The lowest BCUT2D eigenvalue weighted by molar-refractivity contribution is 0.568. The van der Waals surface area contributed by atoms with Crippen LogP contribution in [-0.4, -0.2) is 21.8 Å². The number of hydrogen-bond donors (Lipinski definition) is 1. The maximum atomic E-state index is 12.2. The van der Waals surface area contributed by atoms with E-state index in [1.54, 1.807) is 0 Å². The van der Waals surface area contributed by atoms with E-state index >= 15 is 0 Å². The van der Waals surface area contributed by atoms with E-state index in [1.807, 2.05) is 13.8 Å². The van der Waals surface area contributed by atoms with Crippen molar-refractivity contribution >= 4 is 10.8 Å². The molecule has 2 unspecified atom stereocenters. The summed E-state index contributed by atoms with van der Waals surface area (Å²) in [5.41, 5.74) is 2.64. The monoisotopic (exact) mass is 309 g/mol. The van der Waals surface area contributed by atoms with Crippen molar-refractivity contribution in [2.24, 2.45) is 5.92 Å². The predicted molar refractivity (Wildman–Crippen MR) is 94.2 cm³/mol. The molecular formula is C18H31NOS. The summed E-state index contributed by atoms with van der Waals surface area (Å²) in [6, 6.07) is 9.02. The third-order valence-electron chi connectivity index (χ3n) is 3.52. The Balaban J connectivity index is 2.79. The number of hydrogen-bond acceptors (Lipinski definition) is 2. The molecular weight excluding hydrogens is 278 g/mol. The van der Waals surface area contributed by atoms with Crippen molar-refractivity contribution < 1.29 is 4.21 Å². The maximum Gasteiger partial charge on any atom is 0.0436 e. The fourth-order valence-corrected chi connectivity index (χ4v) is 3.33. The first-order valence-electron chi connectivity index (χ1n) is 8.13. The molecule has 0 spiro atoms. The Hall–Kier alpha value is -0.670. The summed E-state index contributed by atoms with van der Waals surface area (Å²) in [7, 11) is -0.783. The highest BCUT2D eigenvalue weighted by molar-refractivity contribution is 7.85. The average Bonchev–Trinajstić information content (AvgIpc) is 2.43. The summed E-state index contributed by atoms with van der Waals surface area (Å²) in [5.74, 6) is 1.37. The highest BCUT2D eigenvalue weighted by atomic mass is 32.2. The molecule has 0 aliphatic rings. The first-order valence-corrected chi connectivity index (χ1v) is 9.51. The largest absolute Gasteiger partial charge is 0.309 e. The molecule has 0 aliphatic carbocycles. The van der Waals surface area contributed by atoms with Crippen LogP contribution in [0.25, 0.3) is 0 Å². The summed E-state index contributed by atoms with van der Waals surface area (Å²) < 4.78 is 12.2. The quantitative estimate of drug-likeness (QED) is 0.744. The molecule has 0 aliphatic heterocycles. The first kappa shape index (κ1) is 18.4. The Kier molecular flexibility index (Phi) is 8.20. The smallest absolute Gasteiger partial charge is 0.0436 e. The van der Waals surface area contributed by atoms with E-state index in [0.29, 0.717) is 11.7 Å². The molecule has 2 nitrogen and oxygen atoms in total. The zero-order chi connectivity index (χ0) is 15.8. The van der Waals surface area contributed by atoms with Crippen molar-refractivity contribution in [3.05, 3.63) is 35.4 Å². The average molecular weight is 310 g/mol. The summed E-state index contributed by atoms with van der Waals surface area (Å²) >= 11 is 0. The molecule has 0 radical (unpaired) electrons. The highest BCUT2D eigenvalue weighted by Gasteiger charge is 2.16. The van der Waals surface area contributed by atoms with Gasteiger partial charge in [-0.15, -0.1) is 0 Å². The van der Waals surface area contributed by atoms with E-state index in [4.69, 9.17) is 0 Å². The van der Waals surface area contributed by atoms with Gasteiger partial charge in [0.15, 0.2) is 0 Å². The second-order valence-electron chi connectivity index (χ2n) is 6.44. The molecule has 0 fully saturated rings. The molecule has 1 N–H and O–H groups in total. The lowest BCUT2D eigenvalue weighted by atomic mass is 10.00. The molecule has 0 aromatic heterocycles. The van der Waals surface area contributed by atoms with Gasteiger partial charge in [0.05, 0.1) is 0 Å². The fourth-order valence-electron chi connectivity index (χ4n) is 2.31. The van der Waals surface area contributed by atoms with Gasteiger partial charge in [-0.2, -0.15) is 0 Å². The molecule has 3 heteroatoms. The van der Waals surface area contributed by atoms with Gasteiger partial charge in [-0.3, -0.25) is 4.21 Å². The van der Waals surface area contributed by atoms with E-state index in [-0.39, 0.29) is 11.3 Å². The van der Waals surface area contributed by atoms with Gasteiger partial charge in [-0.25, -0.2) is 0 Å². The van der Waals surface area contributed by atoms with Crippen molar-refractivity contribution in [2.75, 3.05) is 12.3 Å². The fraction of sp³-hybridized carbons (Fsp3) is 0.667. The van der Waals surface area contributed by atoms with Crippen LogP contribution in [0.1, 0.15) is 58.2 Å². The van der Waals surface area contributed by atoms with Crippen LogP contribution in [0.4, 0.5) is 0 Å². The summed E-state index contributed by atoms with van der Waals surface area (Å²) in [4.78, 5) is 0. The molecule has 0 bridgehead atoms. The molecule has 120 valence electrons. The van der Waals surface area contributed by atoms with Crippen molar-refractivity contribution in [3.8, 4) is 0 Å². The van der Waals surface area contributed by atoms with Gasteiger partial charge < -0.3 is 5.32 Å². The molecule has 0 saturated heterocycles. The number of nitrogens with one attached hydrogen (secondary N) is 1. The minimum Gasteiger partial charge on any atom is -0.309 e. The van der Waals surface area contributed by atoms with Crippen LogP contribution in [0.5, 0.6) is 0 Å². The summed E-state index contributed by atoms with van der Waals surface area (Å²) in [5, 5.41) is 3.76. The van der Waals surface area contributed by atoms with Gasteiger partial charge >= 0.3 is 0 Å². The van der Waals surface area contributed by atoms with Gasteiger partial charge in [0.1, 0.15) is 0 Å². The molecule has 1 aromatic rings. The van der Waals surface area contributed by atoms with Gasteiger partial charge in [0.2, 0.25) is 0 Å². The number of rotatable bonds is 9. The highest BCUT2D eigenvalue weighted by Crippen LogP contribution is 2.18. The standard InChI is InChI=1S/C18H31NOS/c1-6-11-19-18(13-21(20)15(4)5)17-9-7-16(8-10-17)12-14(2)3/h7-10,14-15,18-19H,6,11-13H2,1-5H3. The van der Waals surface area contributed by atoms with Crippen molar-refractivity contribution in [1.29, 1.82) is 0 Å².